The third-order valence-corrected chi connectivity index (χ3v) is 5.10. The Hall–Kier alpha value is -2.61. The number of imide groups is 1. The fourth-order valence-electron chi connectivity index (χ4n) is 3.55. The summed E-state index contributed by atoms with van der Waals surface area (Å²) in [5.41, 5.74) is -0.249. The van der Waals surface area contributed by atoms with Gasteiger partial charge in [-0.2, -0.15) is 0 Å². The summed E-state index contributed by atoms with van der Waals surface area (Å²) in [7, 11) is 1.60. The maximum absolute atomic E-state index is 12.7. The number of methoxy groups -OCH3 is 1. The largest absolute Gasteiger partial charge is 0.491 e. The van der Waals surface area contributed by atoms with Crippen LogP contribution >= 0.6 is 0 Å². The number of rotatable bonds is 7. The van der Waals surface area contributed by atoms with E-state index in [-0.39, 0.29) is 5.91 Å². The number of amides is 4. The lowest BCUT2D eigenvalue weighted by Crippen LogP contribution is -2.48. The van der Waals surface area contributed by atoms with Crippen LogP contribution < -0.4 is 15.4 Å². The molecule has 1 spiro atoms. The molecule has 0 radical (unpaired) electrons. The van der Waals surface area contributed by atoms with E-state index < -0.39 is 23.5 Å². The Bertz CT molecular complexity index is 713. The van der Waals surface area contributed by atoms with Crippen molar-refractivity contribution in [2.45, 2.75) is 44.2 Å². The van der Waals surface area contributed by atoms with Crippen molar-refractivity contribution in [2.75, 3.05) is 25.6 Å². The van der Waals surface area contributed by atoms with Crippen molar-refractivity contribution in [3.8, 4) is 5.75 Å². The summed E-state index contributed by atoms with van der Waals surface area (Å²) in [4.78, 5) is 38.6. The van der Waals surface area contributed by atoms with E-state index in [1.54, 1.807) is 38.3 Å². The van der Waals surface area contributed by atoms with Gasteiger partial charge in [-0.05, 0) is 44.0 Å². The number of anilines is 1. The van der Waals surface area contributed by atoms with Crippen LogP contribution in [0.25, 0.3) is 0 Å². The number of hydrogen-bond donors (Lipinski definition) is 2. The Balaban J connectivity index is 1.60. The van der Waals surface area contributed by atoms with Gasteiger partial charge in [0.15, 0.2) is 0 Å². The van der Waals surface area contributed by atoms with Crippen LogP contribution in [0.5, 0.6) is 5.75 Å². The van der Waals surface area contributed by atoms with Crippen LogP contribution in [0, 0.1) is 0 Å². The highest BCUT2D eigenvalue weighted by molar-refractivity contribution is 6.11. The van der Waals surface area contributed by atoms with E-state index in [2.05, 4.69) is 10.6 Å². The molecule has 4 amide bonds. The van der Waals surface area contributed by atoms with Crippen LogP contribution in [0.1, 0.15) is 32.6 Å². The van der Waals surface area contributed by atoms with E-state index >= 15 is 0 Å². The number of urea groups is 1. The van der Waals surface area contributed by atoms with Crippen LogP contribution in [-0.4, -0.2) is 54.6 Å². The zero-order valence-corrected chi connectivity index (χ0v) is 15.6. The zero-order valence-electron chi connectivity index (χ0n) is 15.6. The summed E-state index contributed by atoms with van der Waals surface area (Å²) in [6, 6.07) is 5.49. The monoisotopic (exact) mass is 375 g/mol. The van der Waals surface area contributed by atoms with E-state index in [0.29, 0.717) is 37.5 Å². The fourth-order valence-corrected chi connectivity index (χ4v) is 3.55. The van der Waals surface area contributed by atoms with E-state index in [9.17, 15) is 14.4 Å². The highest BCUT2D eigenvalue weighted by Crippen LogP contribution is 2.35. The molecule has 1 saturated carbocycles. The van der Waals surface area contributed by atoms with E-state index in [0.717, 1.165) is 17.7 Å². The molecule has 1 saturated heterocycles. The first-order valence-corrected chi connectivity index (χ1v) is 9.15. The summed E-state index contributed by atoms with van der Waals surface area (Å²) in [5.74, 6) is -0.0495. The summed E-state index contributed by atoms with van der Waals surface area (Å²) < 4.78 is 10.4. The quantitative estimate of drug-likeness (QED) is 0.560. The second kappa shape index (κ2) is 7.96. The van der Waals surface area contributed by atoms with Gasteiger partial charge >= 0.3 is 6.03 Å². The topological polar surface area (TPSA) is 97.0 Å². The second-order valence-electron chi connectivity index (χ2n) is 6.93. The predicted molar refractivity (Wildman–Crippen MR) is 98.5 cm³/mol. The van der Waals surface area contributed by atoms with Crippen LogP contribution in [-0.2, 0) is 14.3 Å². The average molecular weight is 375 g/mol. The van der Waals surface area contributed by atoms with Crippen molar-refractivity contribution in [3.05, 3.63) is 24.3 Å². The molecule has 1 aromatic carbocycles. The minimum Gasteiger partial charge on any atom is -0.491 e. The molecular weight excluding hydrogens is 350 g/mol. The molecular formula is C19H25N3O5. The van der Waals surface area contributed by atoms with Crippen molar-refractivity contribution in [1.29, 1.82) is 0 Å². The lowest BCUT2D eigenvalue weighted by molar-refractivity contribution is -0.136. The predicted octanol–water partition coefficient (Wildman–Crippen LogP) is 1.90. The van der Waals surface area contributed by atoms with Gasteiger partial charge in [0.05, 0.1) is 6.61 Å². The van der Waals surface area contributed by atoms with Gasteiger partial charge in [0.2, 0.25) is 5.91 Å². The molecule has 3 rings (SSSR count). The molecule has 1 atom stereocenters. The van der Waals surface area contributed by atoms with Gasteiger partial charge < -0.3 is 20.1 Å². The number of nitrogens with zero attached hydrogens (tertiary/aromatic N) is 1. The number of nitrogens with one attached hydrogen (secondary N) is 2. The summed E-state index contributed by atoms with van der Waals surface area (Å²) in [6.45, 7) is 2.49. The standard InChI is InChI=1S/C19H25N3O5/c1-13(22-17(24)19(21-18(22)25)9-3-4-10-19)16(23)20-14-5-7-15(8-6-14)27-12-11-26-2/h5-8,13H,3-4,9-12H2,1-2H3,(H,20,23)(H,21,25). The Morgan fingerprint density at radius 1 is 1.22 bits per heavy atom. The molecule has 2 N–H and O–H groups in total. The van der Waals surface area contributed by atoms with Crippen LogP contribution in [0.4, 0.5) is 10.5 Å². The molecule has 0 bridgehead atoms. The van der Waals surface area contributed by atoms with E-state index in [4.69, 9.17) is 9.47 Å². The molecule has 1 unspecified atom stereocenters. The molecule has 2 aliphatic rings. The molecule has 1 aliphatic carbocycles. The van der Waals surface area contributed by atoms with Gasteiger partial charge in [-0.3, -0.25) is 9.59 Å². The lowest BCUT2D eigenvalue weighted by Gasteiger charge is -2.23. The Labute approximate surface area is 158 Å². The van der Waals surface area contributed by atoms with Gasteiger partial charge in [0.25, 0.3) is 5.91 Å². The maximum Gasteiger partial charge on any atom is 0.325 e. The number of hydrogen-bond acceptors (Lipinski definition) is 5. The maximum atomic E-state index is 12.7. The Kier molecular flexibility index (Phi) is 5.65. The van der Waals surface area contributed by atoms with Crippen LogP contribution in [0.15, 0.2) is 24.3 Å². The van der Waals surface area contributed by atoms with Crippen molar-refractivity contribution in [1.82, 2.24) is 10.2 Å². The molecule has 1 aromatic rings. The molecule has 8 heteroatoms. The van der Waals surface area contributed by atoms with E-state index in [1.165, 1.54) is 0 Å². The normalized spacial score (nSPS) is 19.3. The molecule has 27 heavy (non-hydrogen) atoms. The zero-order chi connectivity index (χ0) is 19.4. The average Bonchev–Trinajstić information content (AvgIpc) is 3.21. The van der Waals surface area contributed by atoms with Gasteiger partial charge in [-0.15, -0.1) is 0 Å². The van der Waals surface area contributed by atoms with Crippen molar-refractivity contribution in [3.63, 3.8) is 0 Å². The second-order valence-corrected chi connectivity index (χ2v) is 6.93. The fraction of sp³-hybridized carbons (Fsp3) is 0.526. The summed E-state index contributed by atoms with van der Waals surface area (Å²) in [6.07, 6.45) is 3.07. The molecule has 146 valence electrons. The van der Waals surface area contributed by atoms with Gasteiger partial charge in [-0.1, -0.05) is 12.8 Å². The van der Waals surface area contributed by atoms with E-state index in [1.807, 2.05) is 0 Å². The van der Waals surface area contributed by atoms with Crippen molar-refractivity contribution >= 4 is 23.5 Å². The third kappa shape index (κ3) is 3.90. The van der Waals surface area contributed by atoms with Crippen LogP contribution in [0.3, 0.4) is 0 Å². The molecule has 1 aliphatic heterocycles. The summed E-state index contributed by atoms with van der Waals surface area (Å²) in [5, 5.41) is 5.53. The Morgan fingerprint density at radius 3 is 2.52 bits per heavy atom. The van der Waals surface area contributed by atoms with Gasteiger partial charge in [0, 0.05) is 12.8 Å². The third-order valence-electron chi connectivity index (χ3n) is 5.10. The molecule has 8 nitrogen and oxygen atoms in total. The lowest BCUT2D eigenvalue weighted by atomic mass is 9.97. The first-order valence-electron chi connectivity index (χ1n) is 9.15. The van der Waals surface area contributed by atoms with Crippen LogP contribution in [0.2, 0.25) is 0 Å². The highest BCUT2D eigenvalue weighted by Gasteiger charge is 2.54. The Morgan fingerprint density at radius 2 is 1.89 bits per heavy atom. The first-order chi connectivity index (χ1) is 13.0. The highest BCUT2D eigenvalue weighted by atomic mass is 16.5. The number of carbonyl (C=O) groups excluding carboxylic acids is 3. The molecule has 0 aromatic heterocycles. The van der Waals surface area contributed by atoms with Gasteiger partial charge in [0.1, 0.15) is 23.9 Å². The minimum atomic E-state index is -0.893. The smallest absolute Gasteiger partial charge is 0.325 e. The minimum absolute atomic E-state index is 0.297. The molecule has 1 heterocycles. The summed E-state index contributed by atoms with van der Waals surface area (Å²) >= 11 is 0. The molecule has 2 fully saturated rings. The van der Waals surface area contributed by atoms with Crippen molar-refractivity contribution < 1.29 is 23.9 Å². The SMILES string of the molecule is COCCOc1ccc(NC(=O)C(C)N2C(=O)NC3(CCCC3)C2=O)cc1. The van der Waals surface area contributed by atoms with Gasteiger partial charge in [-0.25, -0.2) is 9.69 Å². The number of ether oxygens (including phenoxy) is 2. The number of benzene rings is 1. The number of carbonyl (C=O) groups is 3. The first kappa shape index (κ1) is 19.2. The van der Waals surface area contributed by atoms with Crippen molar-refractivity contribution in [2.24, 2.45) is 0 Å².